The van der Waals surface area contributed by atoms with E-state index in [0.717, 1.165) is 37.4 Å². The topological polar surface area (TPSA) is 73.8 Å². The van der Waals surface area contributed by atoms with Gasteiger partial charge in [0.2, 0.25) is 5.95 Å². The van der Waals surface area contributed by atoms with Gasteiger partial charge >= 0.3 is 0 Å². The molecule has 2 saturated carbocycles. The van der Waals surface area contributed by atoms with Gasteiger partial charge in [0.25, 0.3) is 0 Å². The molecular weight excluding hydrogens is 336 g/mol. The number of aromatic amines is 1. The van der Waals surface area contributed by atoms with Gasteiger partial charge in [0, 0.05) is 24.3 Å². The monoisotopic (exact) mass is 372 g/mol. The van der Waals surface area contributed by atoms with Gasteiger partial charge in [0.15, 0.2) is 0 Å². The van der Waals surface area contributed by atoms with E-state index in [-0.39, 0.29) is 6.10 Å². The highest BCUT2D eigenvalue weighted by atomic mass is 16.3. The Hall–Kier alpha value is -1.62. The molecule has 2 fully saturated rings. The zero-order chi connectivity index (χ0) is 18.9. The average molecular weight is 373 g/mol. The van der Waals surface area contributed by atoms with Crippen LogP contribution in [-0.2, 0) is 0 Å². The summed E-state index contributed by atoms with van der Waals surface area (Å²) in [5, 5.41) is 13.4. The second kappa shape index (κ2) is 10.6. The third-order valence-corrected chi connectivity index (χ3v) is 5.90. The summed E-state index contributed by atoms with van der Waals surface area (Å²) in [4.78, 5) is 12.4. The fourth-order valence-corrected chi connectivity index (χ4v) is 4.22. The molecule has 2 aromatic heterocycles. The van der Waals surface area contributed by atoms with Gasteiger partial charge in [-0.25, -0.2) is 4.98 Å². The minimum absolute atomic E-state index is 0.0359. The molecule has 0 aromatic carbocycles. The van der Waals surface area contributed by atoms with Crippen LogP contribution in [-0.4, -0.2) is 32.7 Å². The molecule has 2 heterocycles. The maximum Gasteiger partial charge on any atom is 0.224 e. The lowest BCUT2D eigenvalue weighted by atomic mass is 9.84. The number of rotatable bonds is 5. The van der Waals surface area contributed by atoms with Gasteiger partial charge in [-0.3, -0.25) is 0 Å². The molecule has 5 heteroatoms. The smallest absolute Gasteiger partial charge is 0.224 e. The predicted octanol–water partition coefficient (Wildman–Crippen LogP) is 5.53. The van der Waals surface area contributed by atoms with E-state index in [9.17, 15) is 0 Å². The standard InChI is InChI=1S/C16H24N4.C6H12O/c1-2-3-9-17-16-19-11-14-13(10-18-15(14)20-16)12-7-5-4-6-8-12;7-6-4-2-1-3-5-6/h10-12H,2-9H2,1H3,(H2,17,18,19,20);6-7H,1-5H2. The number of aromatic nitrogens is 3. The van der Waals surface area contributed by atoms with Crippen molar-refractivity contribution in [3.8, 4) is 0 Å². The highest BCUT2D eigenvalue weighted by molar-refractivity contribution is 5.80. The largest absolute Gasteiger partial charge is 0.393 e. The van der Waals surface area contributed by atoms with E-state index in [1.807, 2.05) is 6.20 Å². The molecule has 0 radical (unpaired) electrons. The molecule has 2 aliphatic carbocycles. The number of aliphatic hydroxyl groups excluding tert-OH is 1. The maximum atomic E-state index is 8.91. The molecule has 0 atom stereocenters. The van der Waals surface area contributed by atoms with E-state index in [1.54, 1.807) is 0 Å². The summed E-state index contributed by atoms with van der Waals surface area (Å²) >= 11 is 0. The third kappa shape index (κ3) is 5.93. The van der Waals surface area contributed by atoms with Crippen LogP contribution in [0.5, 0.6) is 0 Å². The molecule has 3 N–H and O–H groups in total. The van der Waals surface area contributed by atoms with Gasteiger partial charge in [0.05, 0.1) is 6.10 Å². The molecular formula is C22H36N4O. The molecule has 0 saturated heterocycles. The second-order valence-electron chi connectivity index (χ2n) is 8.11. The molecule has 4 rings (SSSR count). The quantitative estimate of drug-likeness (QED) is 0.603. The van der Waals surface area contributed by atoms with Crippen molar-refractivity contribution in [3.63, 3.8) is 0 Å². The first-order valence-corrected chi connectivity index (χ1v) is 11.0. The molecule has 0 unspecified atom stereocenters. The van der Waals surface area contributed by atoms with E-state index in [2.05, 4.69) is 33.4 Å². The van der Waals surface area contributed by atoms with Crippen molar-refractivity contribution in [1.29, 1.82) is 0 Å². The van der Waals surface area contributed by atoms with Crippen molar-refractivity contribution < 1.29 is 5.11 Å². The van der Waals surface area contributed by atoms with Crippen molar-refractivity contribution in [2.75, 3.05) is 11.9 Å². The normalized spacial score (nSPS) is 18.9. The first kappa shape index (κ1) is 20.1. The number of nitrogens with one attached hydrogen (secondary N) is 2. The number of aliphatic hydroxyl groups is 1. The molecule has 150 valence electrons. The van der Waals surface area contributed by atoms with Gasteiger partial charge in [-0.15, -0.1) is 0 Å². The van der Waals surface area contributed by atoms with Crippen molar-refractivity contribution in [1.82, 2.24) is 15.0 Å². The molecule has 0 spiro atoms. The van der Waals surface area contributed by atoms with Crippen molar-refractivity contribution in [3.05, 3.63) is 18.0 Å². The molecule has 27 heavy (non-hydrogen) atoms. The Morgan fingerprint density at radius 1 is 1.07 bits per heavy atom. The number of hydrogen-bond donors (Lipinski definition) is 3. The van der Waals surface area contributed by atoms with E-state index in [1.165, 1.54) is 68.7 Å². The Morgan fingerprint density at radius 3 is 2.41 bits per heavy atom. The van der Waals surface area contributed by atoms with E-state index >= 15 is 0 Å². The Labute approximate surface area is 163 Å². The van der Waals surface area contributed by atoms with Crippen LogP contribution in [0.2, 0.25) is 0 Å². The lowest BCUT2D eigenvalue weighted by Gasteiger charge is -2.20. The third-order valence-electron chi connectivity index (χ3n) is 5.90. The Kier molecular flexibility index (Phi) is 7.93. The molecule has 0 aliphatic heterocycles. The minimum atomic E-state index is 0.0359. The zero-order valence-electron chi connectivity index (χ0n) is 16.8. The SMILES string of the molecule is CCCCNc1ncc2c(C3CCCCC3)c[nH]c2n1.OC1CCCCC1. The van der Waals surface area contributed by atoms with E-state index in [4.69, 9.17) is 5.11 Å². The van der Waals surface area contributed by atoms with Crippen LogP contribution in [0.1, 0.15) is 95.5 Å². The molecule has 0 amide bonds. The summed E-state index contributed by atoms with van der Waals surface area (Å²) in [7, 11) is 0. The highest BCUT2D eigenvalue weighted by Crippen LogP contribution is 2.35. The van der Waals surface area contributed by atoms with Gasteiger partial charge in [0.1, 0.15) is 5.65 Å². The van der Waals surface area contributed by atoms with Crippen LogP contribution in [0.25, 0.3) is 11.0 Å². The Balaban J connectivity index is 0.000000253. The summed E-state index contributed by atoms with van der Waals surface area (Å²) < 4.78 is 0. The van der Waals surface area contributed by atoms with Crippen molar-refractivity contribution in [2.24, 2.45) is 0 Å². The zero-order valence-corrected chi connectivity index (χ0v) is 16.8. The first-order valence-electron chi connectivity index (χ1n) is 11.0. The lowest BCUT2D eigenvalue weighted by Crippen LogP contribution is -2.09. The van der Waals surface area contributed by atoms with Crippen LogP contribution < -0.4 is 5.32 Å². The summed E-state index contributed by atoms with van der Waals surface area (Å²) in [5.74, 6) is 1.43. The van der Waals surface area contributed by atoms with Crippen molar-refractivity contribution >= 4 is 17.0 Å². The van der Waals surface area contributed by atoms with E-state index < -0.39 is 0 Å². The molecule has 2 aliphatic rings. The van der Waals surface area contributed by atoms with Crippen LogP contribution in [0.4, 0.5) is 5.95 Å². The van der Waals surface area contributed by atoms with Crippen LogP contribution >= 0.6 is 0 Å². The molecule has 2 aromatic rings. The van der Waals surface area contributed by atoms with E-state index in [0.29, 0.717) is 5.92 Å². The predicted molar refractivity (Wildman–Crippen MR) is 112 cm³/mol. The van der Waals surface area contributed by atoms with Crippen LogP contribution in [0.3, 0.4) is 0 Å². The number of unbranched alkanes of at least 4 members (excludes halogenated alkanes) is 1. The summed E-state index contributed by atoms with van der Waals surface area (Å²) in [5.41, 5.74) is 2.39. The summed E-state index contributed by atoms with van der Waals surface area (Å²) in [6, 6.07) is 0. The fraction of sp³-hybridized carbons (Fsp3) is 0.727. The maximum absolute atomic E-state index is 8.91. The number of anilines is 1. The van der Waals surface area contributed by atoms with Gasteiger partial charge in [-0.1, -0.05) is 51.9 Å². The highest BCUT2D eigenvalue weighted by Gasteiger charge is 2.19. The molecule has 5 nitrogen and oxygen atoms in total. The van der Waals surface area contributed by atoms with Crippen LogP contribution in [0.15, 0.2) is 12.4 Å². The second-order valence-corrected chi connectivity index (χ2v) is 8.11. The number of hydrogen-bond acceptors (Lipinski definition) is 4. The Morgan fingerprint density at radius 2 is 1.78 bits per heavy atom. The molecule has 0 bridgehead atoms. The number of H-pyrrole nitrogens is 1. The Bertz CT molecular complexity index is 672. The first-order chi connectivity index (χ1) is 13.3. The fourth-order valence-electron chi connectivity index (χ4n) is 4.22. The van der Waals surface area contributed by atoms with Gasteiger partial charge in [-0.2, -0.15) is 4.98 Å². The minimum Gasteiger partial charge on any atom is -0.393 e. The summed E-state index contributed by atoms with van der Waals surface area (Å²) in [6.07, 6.45) is 19.1. The lowest BCUT2D eigenvalue weighted by molar-refractivity contribution is 0.130. The van der Waals surface area contributed by atoms with Crippen LogP contribution in [0, 0.1) is 0 Å². The van der Waals surface area contributed by atoms with Gasteiger partial charge in [-0.05, 0) is 43.6 Å². The van der Waals surface area contributed by atoms with Gasteiger partial charge < -0.3 is 15.4 Å². The van der Waals surface area contributed by atoms with Crippen molar-refractivity contribution in [2.45, 2.75) is 96.0 Å². The average Bonchev–Trinajstić information content (AvgIpc) is 3.13. The number of fused-ring (bicyclic) bond motifs is 1. The summed E-state index contributed by atoms with van der Waals surface area (Å²) in [6.45, 7) is 3.13. The number of nitrogens with zero attached hydrogens (tertiary/aromatic N) is 2.